The molecule has 0 heterocycles. The van der Waals surface area contributed by atoms with Gasteiger partial charge in [-0.25, -0.2) is 8.42 Å². The number of ether oxygens (including phenoxy) is 3. The lowest BCUT2D eigenvalue weighted by Crippen LogP contribution is -2.38. The summed E-state index contributed by atoms with van der Waals surface area (Å²) in [7, 11) is -1.03. The van der Waals surface area contributed by atoms with Crippen LogP contribution < -0.4 is 23.8 Å². The Morgan fingerprint density at radius 3 is 2.15 bits per heavy atom. The van der Waals surface area contributed by atoms with Crippen LogP contribution in [0.2, 0.25) is 0 Å². The fourth-order valence-electron chi connectivity index (χ4n) is 3.27. The summed E-state index contributed by atoms with van der Waals surface area (Å²) < 4.78 is 44.0. The summed E-state index contributed by atoms with van der Waals surface area (Å²) in [5.74, 6) is 1.01. The average Bonchev–Trinajstić information content (AvgIpc) is 2.83. The number of sulfonamides is 1. The van der Waals surface area contributed by atoms with E-state index in [1.807, 2.05) is 13.8 Å². The molecule has 0 atom stereocenters. The Kier molecular flexibility index (Phi) is 8.01. The monoisotopic (exact) mass is 484 g/mol. The van der Waals surface area contributed by atoms with E-state index in [1.54, 1.807) is 54.6 Å². The molecule has 9 heteroatoms. The van der Waals surface area contributed by atoms with Gasteiger partial charge in [0.25, 0.3) is 10.0 Å². The predicted molar refractivity (Wildman–Crippen MR) is 131 cm³/mol. The highest BCUT2D eigenvalue weighted by Crippen LogP contribution is 2.30. The van der Waals surface area contributed by atoms with E-state index in [1.165, 1.54) is 26.4 Å². The SMILES string of the molecule is CCOc1ccc(S(=O)(=O)N(CC(=O)Nc2ccc(OC)c(OC)c2)c2ccc(C)cc2)cc1. The topological polar surface area (TPSA) is 94.2 Å². The van der Waals surface area contributed by atoms with E-state index in [9.17, 15) is 13.2 Å². The van der Waals surface area contributed by atoms with Gasteiger partial charge in [0.15, 0.2) is 11.5 Å². The predicted octanol–water partition coefficient (Wildman–Crippen LogP) is 4.24. The summed E-state index contributed by atoms with van der Waals surface area (Å²) in [4.78, 5) is 13.0. The third kappa shape index (κ3) is 5.79. The van der Waals surface area contributed by atoms with Crippen molar-refractivity contribution in [2.75, 3.05) is 37.0 Å². The largest absolute Gasteiger partial charge is 0.494 e. The van der Waals surface area contributed by atoms with E-state index in [0.717, 1.165) is 9.87 Å². The first-order valence-corrected chi connectivity index (χ1v) is 12.1. The molecular weight excluding hydrogens is 456 g/mol. The molecule has 0 saturated heterocycles. The number of aryl methyl sites for hydroxylation is 1. The lowest BCUT2D eigenvalue weighted by atomic mass is 10.2. The Bertz CT molecular complexity index is 1230. The molecule has 0 saturated carbocycles. The minimum absolute atomic E-state index is 0.0513. The fraction of sp³-hybridized carbons (Fsp3) is 0.240. The van der Waals surface area contributed by atoms with E-state index >= 15 is 0 Å². The molecule has 0 bridgehead atoms. The van der Waals surface area contributed by atoms with Crippen LogP contribution in [0.5, 0.6) is 17.2 Å². The molecule has 0 fully saturated rings. The van der Waals surface area contributed by atoms with Gasteiger partial charge in [-0.3, -0.25) is 9.10 Å². The molecule has 0 aliphatic carbocycles. The van der Waals surface area contributed by atoms with Crippen LogP contribution in [-0.4, -0.2) is 41.7 Å². The van der Waals surface area contributed by atoms with Crippen LogP contribution in [0.25, 0.3) is 0 Å². The molecule has 3 rings (SSSR count). The van der Waals surface area contributed by atoms with Crippen molar-refractivity contribution in [1.82, 2.24) is 0 Å². The molecule has 0 aliphatic rings. The van der Waals surface area contributed by atoms with E-state index in [-0.39, 0.29) is 4.90 Å². The Morgan fingerprint density at radius 1 is 0.912 bits per heavy atom. The molecule has 8 nitrogen and oxygen atoms in total. The number of benzene rings is 3. The molecule has 0 unspecified atom stereocenters. The second kappa shape index (κ2) is 10.9. The fourth-order valence-corrected chi connectivity index (χ4v) is 4.69. The third-order valence-corrected chi connectivity index (χ3v) is 6.79. The Balaban J connectivity index is 1.90. The van der Waals surface area contributed by atoms with Crippen LogP contribution in [0.15, 0.2) is 71.6 Å². The molecular formula is C25H28N2O6S. The second-order valence-corrected chi connectivity index (χ2v) is 9.23. The molecule has 0 aromatic heterocycles. The quantitative estimate of drug-likeness (QED) is 0.463. The Morgan fingerprint density at radius 2 is 1.56 bits per heavy atom. The lowest BCUT2D eigenvalue weighted by molar-refractivity contribution is -0.114. The maximum Gasteiger partial charge on any atom is 0.264 e. The number of anilines is 2. The first-order chi connectivity index (χ1) is 16.3. The Labute approximate surface area is 200 Å². The van der Waals surface area contributed by atoms with E-state index < -0.39 is 22.5 Å². The van der Waals surface area contributed by atoms with Gasteiger partial charge in [-0.1, -0.05) is 17.7 Å². The zero-order valence-corrected chi connectivity index (χ0v) is 20.4. The minimum Gasteiger partial charge on any atom is -0.494 e. The van der Waals surface area contributed by atoms with Crippen molar-refractivity contribution in [3.05, 3.63) is 72.3 Å². The molecule has 180 valence electrons. The second-order valence-electron chi connectivity index (χ2n) is 7.37. The molecule has 3 aromatic carbocycles. The number of hydrogen-bond acceptors (Lipinski definition) is 6. The van der Waals surface area contributed by atoms with Gasteiger partial charge >= 0.3 is 0 Å². The molecule has 3 aromatic rings. The highest BCUT2D eigenvalue weighted by atomic mass is 32.2. The van der Waals surface area contributed by atoms with Crippen LogP contribution >= 0.6 is 0 Å². The molecule has 0 radical (unpaired) electrons. The zero-order chi connectivity index (χ0) is 24.7. The van der Waals surface area contributed by atoms with Gasteiger partial charge in [-0.05, 0) is 62.4 Å². The van der Waals surface area contributed by atoms with E-state index in [2.05, 4.69) is 5.32 Å². The molecule has 0 spiro atoms. The summed E-state index contributed by atoms with van der Waals surface area (Å²) in [5, 5.41) is 2.73. The number of carbonyl (C=O) groups is 1. The van der Waals surface area contributed by atoms with Crippen molar-refractivity contribution in [2.24, 2.45) is 0 Å². The number of nitrogens with zero attached hydrogens (tertiary/aromatic N) is 1. The van der Waals surface area contributed by atoms with Crippen LogP contribution in [0.1, 0.15) is 12.5 Å². The van der Waals surface area contributed by atoms with E-state index in [4.69, 9.17) is 14.2 Å². The van der Waals surface area contributed by atoms with Crippen molar-refractivity contribution in [3.63, 3.8) is 0 Å². The van der Waals surface area contributed by atoms with Crippen molar-refractivity contribution < 1.29 is 27.4 Å². The highest BCUT2D eigenvalue weighted by Gasteiger charge is 2.27. The lowest BCUT2D eigenvalue weighted by Gasteiger charge is -2.24. The average molecular weight is 485 g/mol. The van der Waals surface area contributed by atoms with Gasteiger partial charge in [0.2, 0.25) is 5.91 Å². The standard InChI is InChI=1S/C25H28N2O6S/c1-5-33-21-11-13-22(14-12-21)34(29,30)27(20-9-6-18(2)7-10-20)17-25(28)26-19-8-15-23(31-3)24(16-19)32-4/h6-16H,5,17H2,1-4H3,(H,26,28). The molecule has 34 heavy (non-hydrogen) atoms. The van der Waals surface area contributed by atoms with Crippen molar-refractivity contribution >= 4 is 27.3 Å². The van der Waals surface area contributed by atoms with Crippen molar-refractivity contribution in [3.8, 4) is 17.2 Å². The number of rotatable bonds is 10. The third-order valence-electron chi connectivity index (χ3n) is 5.00. The highest BCUT2D eigenvalue weighted by molar-refractivity contribution is 7.92. The van der Waals surface area contributed by atoms with Gasteiger partial charge in [0, 0.05) is 11.8 Å². The summed E-state index contributed by atoms with van der Waals surface area (Å²) in [6.07, 6.45) is 0. The van der Waals surface area contributed by atoms with Gasteiger partial charge in [0.1, 0.15) is 12.3 Å². The van der Waals surface area contributed by atoms with Crippen LogP contribution in [0.4, 0.5) is 11.4 Å². The first-order valence-electron chi connectivity index (χ1n) is 10.6. The smallest absolute Gasteiger partial charge is 0.264 e. The van der Waals surface area contributed by atoms with E-state index in [0.29, 0.717) is 35.2 Å². The summed E-state index contributed by atoms with van der Waals surface area (Å²) in [5.41, 5.74) is 1.80. The van der Waals surface area contributed by atoms with Gasteiger partial charge < -0.3 is 19.5 Å². The van der Waals surface area contributed by atoms with Crippen LogP contribution in [-0.2, 0) is 14.8 Å². The van der Waals surface area contributed by atoms with Crippen molar-refractivity contribution in [2.45, 2.75) is 18.7 Å². The number of hydrogen-bond donors (Lipinski definition) is 1. The maximum absolute atomic E-state index is 13.5. The van der Waals surface area contributed by atoms with Gasteiger partial charge in [-0.15, -0.1) is 0 Å². The summed E-state index contributed by atoms with van der Waals surface area (Å²) >= 11 is 0. The maximum atomic E-state index is 13.5. The number of amides is 1. The summed E-state index contributed by atoms with van der Waals surface area (Å²) in [6, 6.07) is 18.0. The minimum atomic E-state index is -4.04. The normalized spacial score (nSPS) is 10.9. The zero-order valence-electron chi connectivity index (χ0n) is 19.6. The number of methoxy groups -OCH3 is 2. The van der Waals surface area contributed by atoms with Crippen molar-refractivity contribution in [1.29, 1.82) is 0 Å². The van der Waals surface area contributed by atoms with Crippen LogP contribution in [0.3, 0.4) is 0 Å². The molecule has 1 N–H and O–H groups in total. The number of carbonyl (C=O) groups excluding carboxylic acids is 1. The molecule has 1 amide bonds. The molecule has 0 aliphatic heterocycles. The van der Waals surface area contributed by atoms with Gasteiger partial charge in [0.05, 0.1) is 31.4 Å². The van der Waals surface area contributed by atoms with Crippen LogP contribution in [0, 0.1) is 6.92 Å². The van der Waals surface area contributed by atoms with Gasteiger partial charge in [-0.2, -0.15) is 0 Å². The number of nitrogens with one attached hydrogen (secondary N) is 1. The summed E-state index contributed by atoms with van der Waals surface area (Å²) in [6.45, 7) is 3.80. The Hall–Kier alpha value is -3.72. The first kappa shape index (κ1) is 24.9.